The maximum absolute atomic E-state index is 13.0. The minimum atomic E-state index is -0.407. The van der Waals surface area contributed by atoms with Crippen LogP contribution in [0.2, 0.25) is 0 Å². The lowest BCUT2D eigenvalue weighted by atomic mass is 9.94. The fourth-order valence-electron chi connectivity index (χ4n) is 4.09. The fraction of sp³-hybridized carbons (Fsp3) is 0.609. The van der Waals surface area contributed by atoms with Gasteiger partial charge in [0.25, 0.3) is 0 Å². The van der Waals surface area contributed by atoms with Crippen molar-refractivity contribution in [1.82, 2.24) is 15.1 Å². The predicted octanol–water partition coefficient (Wildman–Crippen LogP) is 2.75. The second kappa shape index (κ2) is 8.56. The van der Waals surface area contributed by atoms with Gasteiger partial charge in [-0.05, 0) is 25.3 Å². The molecule has 1 N–H and O–H groups in total. The summed E-state index contributed by atoms with van der Waals surface area (Å²) in [5, 5.41) is 3.10. The monoisotopic (exact) mass is 399 g/mol. The van der Waals surface area contributed by atoms with Crippen LogP contribution in [0.3, 0.4) is 0 Å². The first kappa shape index (κ1) is 21.3. The van der Waals surface area contributed by atoms with Gasteiger partial charge < -0.3 is 15.1 Å². The van der Waals surface area contributed by atoms with Gasteiger partial charge in [-0.25, -0.2) is 0 Å². The number of amides is 3. The van der Waals surface area contributed by atoms with Crippen molar-refractivity contribution < 1.29 is 14.4 Å². The molecule has 2 heterocycles. The number of carbonyl (C=O) groups is 3. The zero-order valence-electron chi connectivity index (χ0n) is 18.0. The van der Waals surface area contributed by atoms with E-state index in [-0.39, 0.29) is 42.1 Å². The van der Waals surface area contributed by atoms with Crippen molar-refractivity contribution in [2.45, 2.75) is 59.0 Å². The van der Waals surface area contributed by atoms with Crippen LogP contribution in [0.4, 0.5) is 0 Å². The van der Waals surface area contributed by atoms with Gasteiger partial charge in [0.05, 0.1) is 12.0 Å². The molecule has 158 valence electrons. The van der Waals surface area contributed by atoms with E-state index >= 15 is 0 Å². The summed E-state index contributed by atoms with van der Waals surface area (Å²) < 4.78 is 0. The number of nitrogens with zero attached hydrogens (tertiary/aromatic N) is 2. The normalized spacial score (nSPS) is 21.9. The van der Waals surface area contributed by atoms with Crippen LogP contribution in [0, 0.1) is 11.3 Å². The van der Waals surface area contributed by atoms with E-state index in [1.165, 1.54) is 0 Å². The van der Waals surface area contributed by atoms with E-state index in [9.17, 15) is 14.4 Å². The van der Waals surface area contributed by atoms with Crippen LogP contribution in [0.5, 0.6) is 0 Å². The summed E-state index contributed by atoms with van der Waals surface area (Å²) in [4.78, 5) is 41.4. The second-order valence-electron chi connectivity index (χ2n) is 9.36. The number of carbonyl (C=O) groups excluding carboxylic acids is 3. The number of hydrogen-bond acceptors (Lipinski definition) is 3. The third-order valence-electron chi connectivity index (χ3n) is 6.08. The van der Waals surface area contributed by atoms with E-state index in [1.807, 2.05) is 67.8 Å². The van der Waals surface area contributed by atoms with Gasteiger partial charge in [0.1, 0.15) is 0 Å². The van der Waals surface area contributed by atoms with E-state index in [4.69, 9.17) is 0 Å². The zero-order chi connectivity index (χ0) is 21.2. The van der Waals surface area contributed by atoms with Crippen LogP contribution in [0.15, 0.2) is 30.3 Å². The highest BCUT2D eigenvalue weighted by molar-refractivity contribution is 5.89. The highest BCUT2D eigenvalue weighted by Crippen LogP contribution is 2.30. The van der Waals surface area contributed by atoms with Crippen molar-refractivity contribution in [2.24, 2.45) is 11.3 Å². The van der Waals surface area contributed by atoms with Crippen LogP contribution >= 0.6 is 0 Å². The van der Waals surface area contributed by atoms with E-state index in [0.717, 1.165) is 18.4 Å². The molecule has 0 bridgehead atoms. The molecule has 6 heteroatoms. The van der Waals surface area contributed by atoms with Gasteiger partial charge in [-0.1, -0.05) is 51.1 Å². The smallest absolute Gasteiger partial charge is 0.227 e. The number of benzene rings is 1. The first-order valence-electron chi connectivity index (χ1n) is 10.6. The van der Waals surface area contributed by atoms with Gasteiger partial charge in [-0.15, -0.1) is 0 Å². The Kier molecular flexibility index (Phi) is 6.30. The second-order valence-corrected chi connectivity index (χ2v) is 9.36. The van der Waals surface area contributed by atoms with Gasteiger partial charge in [0.2, 0.25) is 17.7 Å². The minimum Gasteiger partial charge on any atom is -0.353 e. The summed E-state index contributed by atoms with van der Waals surface area (Å²) in [6.07, 6.45) is 1.81. The summed E-state index contributed by atoms with van der Waals surface area (Å²) in [5.74, 6) is -0.0997. The van der Waals surface area contributed by atoms with Crippen LogP contribution in [0.1, 0.15) is 58.6 Å². The summed E-state index contributed by atoms with van der Waals surface area (Å²) in [7, 11) is 0. The molecule has 0 aliphatic carbocycles. The molecule has 2 saturated heterocycles. The molecule has 3 rings (SSSR count). The minimum absolute atomic E-state index is 0.0279. The Morgan fingerprint density at radius 2 is 1.72 bits per heavy atom. The van der Waals surface area contributed by atoms with Gasteiger partial charge in [-0.2, -0.15) is 0 Å². The maximum Gasteiger partial charge on any atom is 0.227 e. The third kappa shape index (κ3) is 4.98. The molecule has 0 spiro atoms. The molecule has 3 amide bonds. The van der Waals surface area contributed by atoms with Gasteiger partial charge in [-0.3, -0.25) is 14.4 Å². The molecule has 1 aromatic carbocycles. The molecule has 2 aliphatic rings. The van der Waals surface area contributed by atoms with Crippen LogP contribution < -0.4 is 5.32 Å². The molecular formula is C23H33N3O3. The number of nitrogens with one attached hydrogen (secondary N) is 1. The Bertz CT molecular complexity index is 748. The summed E-state index contributed by atoms with van der Waals surface area (Å²) in [5.41, 5.74) is 0.681. The quantitative estimate of drug-likeness (QED) is 0.846. The van der Waals surface area contributed by atoms with E-state index in [0.29, 0.717) is 19.6 Å². The molecule has 0 aromatic heterocycles. The van der Waals surface area contributed by atoms with E-state index in [2.05, 4.69) is 5.32 Å². The largest absolute Gasteiger partial charge is 0.353 e. The molecule has 2 unspecified atom stereocenters. The van der Waals surface area contributed by atoms with Gasteiger partial charge in [0.15, 0.2) is 0 Å². The van der Waals surface area contributed by atoms with Gasteiger partial charge in [0, 0.05) is 37.5 Å². The van der Waals surface area contributed by atoms with Crippen molar-refractivity contribution >= 4 is 17.7 Å². The Morgan fingerprint density at radius 1 is 1.10 bits per heavy atom. The molecule has 2 atom stereocenters. The molecule has 1 aromatic rings. The number of rotatable bonds is 4. The van der Waals surface area contributed by atoms with Gasteiger partial charge >= 0.3 is 0 Å². The van der Waals surface area contributed by atoms with E-state index < -0.39 is 5.41 Å². The van der Waals surface area contributed by atoms with Crippen molar-refractivity contribution in [2.75, 3.05) is 19.6 Å². The lowest BCUT2D eigenvalue weighted by Crippen LogP contribution is -2.50. The van der Waals surface area contributed by atoms with Crippen LogP contribution in [-0.2, 0) is 14.4 Å². The molecule has 0 radical (unpaired) electrons. The van der Waals surface area contributed by atoms with Crippen molar-refractivity contribution in [3.63, 3.8) is 0 Å². The van der Waals surface area contributed by atoms with Crippen LogP contribution in [0.25, 0.3) is 0 Å². The summed E-state index contributed by atoms with van der Waals surface area (Å²) in [6, 6.07) is 10.0. The van der Waals surface area contributed by atoms with Crippen molar-refractivity contribution in [3.8, 4) is 0 Å². The first-order chi connectivity index (χ1) is 13.7. The molecule has 0 saturated carbocycles. The summed E-state index contributed by atoms with van der Waals surface area (Å²) >= 11 is 0. The highest BCUT2D eigenvalue weighted by Gasteiger charge is 2.39. The zero-order valence-corrected chi connectivity index (χ0v) is 18.0. The van der Waals surface area contributed by atoms with Crippen LogP contribution in [-0.4, -0.2) is 53.2 Å². The predicted molar refractivity (Wildman–Crippen MR) is 112 cm³/mol. The molecule has 6 nitrogen and oxygen atoms in total. The molecule has 29 heavy (non-hydrogen) atoms. The number of hydrogen-bond donors (Lipinski definition) is 1. The molecule has 2 fully saturated rings. The Morgan fingerprint density at radius 3 is 2.31 bits per heavy atom. The molecule has 2 aliphatic heterocycles. The topological polar surface area (TPSA) is 69.7 Å². The standard InChI is InChI=1S/C23H33N3O3/c1-16(17-8-6-5-7-9-17)26-15-18(14-20(26)27)21(28)25-12-10-19(11-13-25)24-22(29)23(2,3)4/h5-9,16,18-19H,10-15H2,1-4H3,(H,24,29). The van der Waals surface area contributed by atoms with Crippen molar-refractivity contribution in [3.05, 3.63) is 35.9 Å². The van der Waals surface area contributed by atoms with Crippen molar-refractivity contribution in [1.29, 1.82) is 0 Å². The highest BCUT2D eigenvalue weighted by atomic mass is 16.2. The number of piperidine rings is 1. The molecular weight excluding hydrogens is 366 g/mol. The maximum atomic E-state index is 13.0. The first-order valence-corrected chi connectivity index (χ1v) is 10.6. The lowest BCUT2D eigenvalue weighted by molar-refractivity contribution is -0.137. The fourth-order valence-corrected chi connectivity index (χ4v) is 4.09. The third-order valence-corrected chi connectivity index (χ3v) is 6.08. The SMILES string of the molecule is CC(c1ccccc1)N1CC(C(=O)N2CCC(NC(=O)C(C)(C)C)CC2)CC1=O. The average molecular weight is 400 g/mol. The lowest BCUT2D eigenvalue weighted by Gasteiger charge is -2.35. The average Bonchev–Trinajstić information content (AvgIpc) is 3.09. The summed E-state index contributed by atoms with van der Waals surface area (Å²) in [6.45, 7) is 9.47. The van der Waals surface area contributed by atoms with E-state index in [1.54, 1.807) is 0 Å². The Balaban J connectivity index is 1.53. The Hall–Kier alpha value is -2.37. The number of likely N-dealkylation sites (tertiary alicyclic amines) is 2. The Labute approximate surface area is 173 Å².